The molecule has 0 unspecified atom stereocenters. The largest absolute Gasteiger partial charge is 0.392 e. The van der Waals surface area contributed by atoms with E-state index in [9.17, 15) is 4.79 Å². The molecule has 3 aromatic rings. The number of fused-ring (bicyclic) bond motifs is 3. The van der Waals surface area contributed by atoms with Gasteiger partial charge in [-0.3, -0.25) is 4.79 Å². The lowest BCUT2D eigenvalue weighted by atomic mass is 10.1. The second-order valence-corrected chi connectivity index (χ2v) is 4.43. The van der Waals surface area contributed by atoms with Crippen molar-refractivity contribution in [2.24, 2.45) is 0 Å². The first kappa shape index (κ1) is 9.57. The van der Waals surface area contributed by atoms with Gasteiger partial charge in [-0.25, -0.2) is 0 Å². The van der Waals surface area contributed by atoms with Crippen molar-refractivity contribution in [3.8, 4) is 0 Å². The number of hydrogen-bond donors (Lipinski definition) is 2. The van der Waals surface area contributed by atoms with Crippen LogP contribution in [0.4, 0.5) is 0 Å². The number of H-pyrrole nitrogens is 1. The molecule has 0 atom stereocenters. The van der Waals surface area contributed by atoms with Crippen LogP contribution in [0.2, 0.25) is 0 Å². The first-order valence-corrected chi connectivity index (χ1v) is 5.85. The van der Waals surface area contributed by atoms with Crippen molar-refractivity contribution in [3.05, 3.63) is 44.9 Å². The number of benzene rings is 1. The van der Waals surface area contributed by atoms with Crippen molar-refractivity contribution in [1.29, 1.82) is 0 Å². The second kappa shape index (κ2) is 3.43. The van der Waals surface area contributed by atoms with E-state index in [1.807, 2.05) is 29.0 Å². The molecule has 16 heavy (non-hydrogen) atoms. The van der Waals surface area contributed by atoms with E-state index in [1.165, 1.54) is 11.3 Å². The number of aliphatic hydroxyl groups is 1. The van der Waals surface area contributed by atoms with E-state index < -0.39 is 0 Å². The molecule has 0 saturated carbocycles. The average molecular weight is 231 g/mol. The molecule has 2 aromatic heterocycles. The van der Waals surface area contributed by atoms with Gasteiger partial charge in [0.15, 0.2) is 0 Å². The minimum absolute atomic E-state index is 0.0142. The molecule has 0 radical (unpaired) electrons. The Balaban J connectivity index is 2.53. The summed E-state index contributed by atoms with van der Waals surface area (Å²) in [5.41, 5.74) is 1.51. The number of rotatable bonds is 1. The summed E-state index contributed by atoms with van der Waals surface area (Å²) in [7, 11) is 0. The van der Waals surface area contributed by atoms with Gasteiger partial charge in [0.25, 0.3) is 5.56 Å². The van der Waals surface area contributed by atoms with Crippen LogP contribution in [0.1, 0.15) is 5.56 Å². The third kappa shape index (κ3) is 1.27. The highest BCUT2D eigenvalue weighted by Crippen LogP contribution is 2.24. The summed E-state index contributed by atoms with van der Waals surface area (Å²) in [5, 5.41) is 15.6. The van der Waals surface area contributed by atoms with Crippen LogP contribution >= 0.6 is 11.3 Å². The van der Waals surface area contributed by atoms with Crippen LogP contribution in [0.3, 0.4) is 0 Å². The van der Waals surface area contributed by atoms with Crippen LogP contribution in [0.25, 0.3) is 21.7 Å². The smallest absolute Gasteiger partial charge is 0.257 e. The van der Waals surface area contributed by atoms with Gasteiger partial charge >= 0.3 is 0 Å². The molecular weight excluding hydrogens is 222 g/mol. The Morgan fingerprint density at radius 2 is 2.00 bits per heavy atom. The number of thiophene rings is 1. The summed E-state index contributed by atoms with van der Waals surface area (Å²) in [4.78, 5) is 14.6. The summed E-state index contributed by atoms with van der Waals surface area (Å²) in [6.45, 7) is -0.0142. The number of aromatic amines is 1. The number of nitrogens with one attached hydrogen (secondary N) is 1. The fourth-order valence-electron chi connectivity index (χ4n) is 1.90. The van der Waals surface area contributed by atoms with E-state index in [0.717, 1.165) is 27.2 Å². The van der Waals surface area contributed by atoms with Gasteiger partial charge in [0.1, 0.15) is 0 Å². The zero-order valence-corrected chi connectivity index (χ0v) is 9.17. The second-order valence-electron chi connectivity index (χ2n) is 3.69. The minimum atomic E-state index is -0.0705. The summed E-state index contributed by atoms with van der Waals surface area (Å²) in [5.74, 6) is 0. The van der Waals surface area contributed by atoms with Crippen molar-refractivity contribution in [3.63, 3.8) is 0 Å². The Kier molecular flexibility index (Phi) is 2.05. The van der Waals surface area contributed by atoms with Crippen LogP contribution in [-0.4, -0.2) is 10.1 Å². The van der Waals surface area contributed by atoms with Crippen LogP contribution in [0.5, 0.6) is 0 Å². The lowest BCUT2D eigenvalue weighted by Crippen LogP contribution is -2.04. The van der Waals surface area contributed by atoms with E-state index >= 15 is 0 Å². The van der Waals surface area contributed by atoms with Crippen molar-refractivity contribution in [1.82, 2.24) is 4.98 Å². The zero-order chi connectivity index (χ0) is 11.1. The molecule has 0 bridgehead atoms. The van der Waals surface area contributed by atoms with Gasteiger partial charge in [-0.1, -0.05) is 12.1 Å². The Labute approximate surface area is 95.0 Å². The Morgan fingerprint density at radius 3 is 2.81 bits per heavy atom. The third-order valence-corrected chi connectivity index (χ3v) is 3.46. The molecule has 3 nitrogen and oxygen atoms in total. The van der Waals surface area contributed by atoms with Gasteiger partial charge in [-0.2, -0.15) is 11.3 Å². The van der Waals surface area contributed by atoms with Gasteiger partial charge in [-0.05, 0) is 17.0 Å². The molecule has 0 saturated heterocycles. The van der Waals surface area contributed by atoms with Gasteiger partial charge in [-0.15, -0.1) is 0 Å². The van der Waals surface area contributed by atoms with Crippen LogP contribution < -0.4 is 5.56 Å². The third-order valence-electron chi connectivity index (χ3n) is 2.71. The summed E-state index contributed by atoms with van der Waals surface area (Å²) < 4.78 is 0. The van der Waals surface area contributed by atoms with Gasteiger partial charge in [0.2, 0.25) is 0 Å². The Bertz CT molecular complexity index is 727. The predicted octanol–water partition coefficient (Wildman–Crippen LogP) is 2.24. The number of pyridine rings is 1. The monoisotopic (exact) mass is 231 g/mol. The molecule has 0 fully saturated rings. The molecule has 1 aromatic carbocycles. The zero-order valence-electron chi connectivity index (χ0n) is 8.36. The van der Waals surface area contributed by atoms with Gasteiger partial charge < -0.3 is 10.1 Å². The molecule has 4 heteroatoms. The quantitative estimate of drug-likeness (QED) is 0.674. The first-order chi connectivity index (χ1) is 7.79. The summed E-state index contributed by atoms with van der Waals surface area (Å²) in [6, 6.07) is 5.62. The number of aliphatic hydroxyl groups excluding tert-OH is 1. The molecule has 0 aliphatic rings. The van der Waals surface area contributed by atoms with Crippen molar-refractivity contribution in [2.45, 2.75) is 6.61 Å². The van der Waals surface area contributed by atoms with Crippen LogP contribution in [0.15, 0.2) is 33.8 Å². The molecule has 2 heterocycles. The summed E-state index contributed by atoms with van der Waals surface area (Å²) >= 11 is 1.52. The highest BCUT2D eigenvalue weighted by molar-refractivity contribution is 7.09. The molecule has 2 N–H and O–H groups in total. The van der Waals surface area contributed by atoms with Crippen LogP contribution in [0, 0.1) is 0 Å². The number of hydrogen-bond acceptors (Lipinski definition) is 3. The molecule has 80 valence electrons. The fraction of sp³-hybridized carbons (Fsp3) is 0.0833. The normalized spacial score (nSPS) is 11.3. The molecule has 0 aliphatic carbocycles. The van der Waals surface area contributed by atoms with E-state index in [-0.39, 0.29) is 12.2 Å². The van der Waals surface area contributed by atoms with Gasteiger partial charge in [0, 0.05) is 21.7 Å². The Morgan fingerprint density at radius 1 is 1.19 bits per heavy atom. The maximum atomic E-state index is 11.7. The standard InChI is InChI=1S/C12H9NO2S/c14-4-7-1-2-8-9-5-16-6-10(9)12(15)13-11(8)3-7/h1-3,5-6,14H,4H2,(H,13,15). The maximum Gasteiger partial charge on any atom is 0.257 e. The lowest BCUT2D eigenvalue weighted by molar-refractivity contribution is 0.282. The lowest BCUT2D eigenvalue weighted by Gasteiger charge is -2.02. The SMILES string of the molecule is O=c1[nH]c2cc(CO)ccc2c2cscc12. The molecule has 0 spiro atoms. The molecule has 0 aliphatic heterocycles. The van der Waals surface area contributed by atoms with Crippen molar-refractivity contribution < 1.29 is 5.11 Å². The first-order valence-electron chi connectivity index (χ1n) is 4.91. The van der Waals surface area contributed by atoms with E-state index in [4.69, 9.17) is 5.11 Å². The number of aromatic nitrogens is 1. The van der Waals surface area contributed by atoms with Gasteiger partial charge in [0.05, 0.1) is 12.0 Å². The van der Waals surface area contributed by atoms with Crippen LogP contribution in [-0.2, 0) is 6.61 Å². The average Bonchev–Trinajstić information content (AvgIpc) is 2.78. The maximum absolute atomic E-state index is 11.7. The van der Waals surface area contributed by atoms with E-state index in [1.54, 1.807) is 0 Å². The molecule has 0 amide bonds. The van der Waals surface area contributed by atoms with E-state index in [0.29, 0.717) is 0 Å². The minimum Gasteiger partial charge on any atom is -0.392 e. The molecular formula is C12H9NO2S. The van der Waals surface area contributed by atoms with E-state index in [2.05, 4.69) is 4.98 Å². The van der Waals surface area contributed by atoms with Crippen molar-refractivity contribution in [2.75, 3.05) is 0 Å². The van der Waals surface area contributed by atoms with Crippen molar-refractivity contribution >= 4 is 33.0 Å². The summed E-state index contributed by atoms with van der Waals surface area (Å²) in [6.07, 6.45) is 0. The highest BCUT2D eigenvalue weighted by Gasteiger charge is 2.05. The topological polar surface area (TPSA) is 53.1 Å². The highest BCUT2D eigenvalue weighted by atomic mass is 32.1. The predicted molar refractivity (Wildman–Crippen MR) is 65.9 cm³/mol. The molecule has 3 rings (SSSR count). The Hall–Kier alpha value is -1.65. The fourth-order valence-corrected chi connectivity index (χ4v) is 2.73.